The zero-order chi connectivity index (χ0) is 18.4. The predicted molar refractivity (Wildman–Crippen MR) is 92.5 cm³/mol. The maximum Gasteiger partial charge on any atom is 0.264 e. The number of nitrogens with zero attached hydrogens (tertiary/aromatic N) is 3. The molecule has 1 N–H and O–H groups in total. The van der Waals surface area contributed by atoms with Gasteiger partial charge in [-0.3, -0.25) is 9.35 Å². The first-order valence-corrected chi connectivity index (χ1v) is 8.89. The summed E-state index contributed by atoms with van der Waals surface area (Å²) in [7, 11) is -1.95. The molecule has 8 nitrogen and oxygen atoms in total. The minimum atomic E-state index is -3.66. The molecular weight excluding hydrogens is 346 g/mol. The van der Waals surface area contributed by atoms with Crippen molar-refractivity contribution in [2.45, 2.75) is 6.92 Å². The van der Waals surface area contributed by atoms with Gasteiger partial charge in [0.25, 0.3) is 10.1 Å². The smallest absolute Gasteiger partial charge is 0.264 e. The van der Waals surface area contributed by atoms with Gasteiger partial charge < -0.3 is 8.98 Å². The molecule has 0 fully saturated rings. The fourth-order valence-electron chi connectivity index (χ4n) is 1.90. The highest BCUT2D eigenvalue weighted by Gasteiger charge is 2.11. The molecule has 9 heteroatoms. The van der Waals surface area contributed by atoms with Gasteiger partial charge in [-0.25, -0.2) is 9.97 Å². The summed E-state index contributed by atoms with van der Waals surface area (Å²) < 4.78 is 33.8. The van der Waals surface area contributed by atoms with E-state index in [-0.39, 0.29) is 11.3 Å². The van der Waals surface area contributed by atoms with Gasteiger partial charge in [-0.05, 0) is 25.1 Å². The third kappa shape index (κ3) is 5.10. The Morgan fingerprint density at radius 2 is 2.00 bits per heavy atom. The molecule has 0 saturated heterocycles. The molecule has 132 valence electrons. The molecule has 0 aliphatic rings. The van der Waals surface area contributed by atoms with Crippen LogP contribution in [0.2, 0.25) is 0 Å². The summed E-state index contributed by atoms with van der Waals surface area (Å²) in [5.41, 5.74) is 2.35. The summed E-state index contributed by atoms with van der Waals surface area (Å²) in [4.78, 5) is 19.7. The SMILES string of the molecule is CCS(=O)(=O)O.Cn1cc(-c2cncnc2-c2ccco2)ccc1=O. The highest BCUT2D eigenvalue weighted by atomic mass is 32.2. The van der Waals surface area contributed by atoms with Crippen LogP contribution in [-0.4, -0.2) is 33.3 Å². The van der Waals surface area contributed by atoms with E-state index < -0.39 is 10.1 Å². The van der Waals surface area contributed by atoms with Crippen molar-refractivity contribution in [2.24, 2.45) is 7.05 Å². The van der Waals surface area contributed by atoms with E-state index >= 15 is 0 Å². The Kier molecular flexibility index (Phi) is 5.84. The summed E-state index contributed by atoms with van der Waals surface area (Å²) in [5.74, 6) is 0.471. The first kappa shape index (κ1) is 18.6. The van der Waals surface area contributed by atoms with Gasteiger partial charge >= 0.3 is 0 Å². The fraction of sp³-hybridized carbons (Fsp3) is 0.188. The van der Waals surface area contributed by atoms with E-state index in [2.05, 4.69) is 9.97 Å². The minimum absolute atomic E-state index is 0.0554. The van der Waals surface area contributed by atoms with Crippen molar-refractivity contribution < 1.29 is 17.4 Å². The van der Waals surface area contributed by atoms with E-state index in [0.717, 1.165) is 11.1 Å². The zero-order valence-electron chi connectivity index (χ0n) is 13.7. The van der Waals surface area contributed by atoms with Crippen molar-refractivity contribution >= 4 is 10.1 Å². The molecule has 0 spiro atoms. The lowest BCUT2D eigenvalue weighted by Gasteiger charge is -2.07. The quantitative estimate of drug-likeness (QED) is 0.708. The average molecular weight is 363 g/mol. The second-order valence-electron chi connectivity index (χ2n) is 5.00. The molecule has 25 heavy (non-hydrogen) atoms. The first-order chi connectivity index (χ1) is 11.8. The van der Waals surface area contributed by atoms with Gasteiger partial charge in [0.1, 0.15) is 12.0 Å². The third-order valence-electron chi connectivity index (χ3n) is 3.23. The summed E-state index contributed by atoms with van der Waals surface area (Å²) in [6, 6.07) is 6.93. The summed E-state index contributed by atoms with van der Waals surface area (Å²) in [6.45, 7) is 1.37. The van der Waals surface area contributed by atoms with Gasteiger partial charge in [-0.15, -0.1) is 0 Å². The van der Waals surface area contributed by atoms with E-state index in [9.17, 15) is 13.2 Å². The highest BCUT2D eigenvalue weighted by molar-refractivity contribution is 7.85. The van der Waals surface area contributed by atoms with Gasteiger partial charge in [-0.2, -0.15) is 8.42 Å². The van der Waals surface area contributed by atoms with Crippen molar-refractivity contribution in [2.75, 3.05) is 5.75 Å². The molecule has 0 atom stereocenters. The topological polar surface area (TPSA) is 115 Å². The van der Waals surface area contributed by atoms with Crippen LogP contribution in [0.15, 0.2) is 58.5 Å². The molecule has 0 unspecified atom stereocenters. The van der Waals surface area contributed by atoms with E-state index in [1.807, 2.05) is 12.1 Å². The standard InChI is InChI=1S/C14H11N3O2.C2H6O3S/c1-17-8-10(4-5-13(17)18)11-7-15-9-16-14(11)12-3-2-6-19-12;1-2-6(3,4)5/h2-9H,1H3;2H2,1H3,(H,3,4,5). The second kappa shape index (κ2) is 7.86. The molecule has 0 aliphatic heterocycles. The Bertz CT molecular complexity index is 995. The molecule has 0 aliphatic carbocycles. The maximum absolute atomic E-state index is 11.4. The van der Waals surface area contributed by atoms with Crippen LogP contribution < -0.4 is 5.56 Å². The molecular formula is C16H17N3O5S. The van der Waals surface area contributed by atoms with E-state index in [1.54, 1.807) is 31.8 Å². The van der Waals surface area contributed by atoms with Gasteiger partial charge in [-0.1, -0.05) is 0 Å². The van der Waals surface area contributed by atoms with Crippen molar-refractivity contribution in [3.63, 3.8) is 0 Å². The van der Waals surface area contributed by atoms with Gasteiger partial charge in [0.15, 0.2) is 5.76 Å². The number of aromatic nitrogens is 3. The van der Waals surface area contributed by atoms with Crippen LogP contribution in [0.25, 0.3) is 22.6 Å². The predicted octanol–water partition coefficient (Wildman–Crippen LogP) is 2.00. The van der Waals surface area contributed by atoms with Crippen molar-refractivity contribution in [1.82, 2.24) is 14.5 Å². The van der Waals surface area contributed by atoms with E-state index in [4.69, 9.17) is 8.97 Å². The number of pyridine rings is 1. The Morgan fingerprint density at radius 3 is 2.56 bits per heavy atom. The van der Waals surface area contributed by atoms with Crippen molar-refractivity contribution in [3.8, 4) is 22.6 Å². The molecule has 0 radical (unpaired) electrons. The monoisotopic (exact) mass is 363 g/mol. The van der Waals surface area contributed by atoms with Gasteiger partial charge in [0.05, 0.1) is 12.0 Å². The number of furan rings is 1. The van der Waals surface area contributed by atoms with Crippen molar-refractivity contribution in [3.05, 3.63) is 59.6 Å². The molecule has 0 aromatic carbocycles. The second-order valence-corrected chi connectivity index (χ2v) is 6.74. The molecule has 0 amide bonds. The van der Waals surface area contributed by atoms with Crippen LogP contribution in [0.4, 0.5) is 0 Å². The molecule has 3 heterocycles. The average Bonchev–Trinajstić information content (AvgIpc) is 3.12. The number of hydrogen-bond acceptors (Lipinski definition) is 6. The van der Waals surface area contributed by atoms with Crippen LogP contribution in [0.3, 0.4) is 0 Å². The van der Waals surface area contributed by atoms with Crippen LogP contribution >= 0.6 is 0 Å². The highest BCUT2D eigenvalue weighted by Crippen LogP contribution is 2.28. The Balaban J connectivity index is 0.000000326. The largest absolute Gasteiger partial charge is 0.463 e. The Morgan fingerprint density at radius 1 is 1.28 bits per heavy atom. The zero-order valence-corrected chi connectivity index (χ0v) is 14.5. The fourth-order valence-corrected chi connectivity index (χ4v) is 1.90. The lowest BCUT2D eigenvalue weighted by Crippen LogP contribution is -2.14. The Labute approximate surface area is 144 Å². The van der Waals surface area contributed by atoms with Crippen molar-refractivity contribution in [1.29, 1.82) is 0 Å². The number of hydrogen-bond donors (Lipinski definition) is 1. The number of aryl methyl sites for hydroxylation is 1. The lowest BCUT2D eigenvalue weighted by molar-refractivity contribution is 0.484. The normalized spacial score (nSPS) is 10.8. The first-order valence-electron chi connectivity index (χ1n) is 7.28. The molecule has 3 rings (SSSR count). The van der Waals surface area contributed by atoms with E-state index in [0.29, 0.717) is 11.5 Å². The third-order valence-corrected chi connectivity index (χ3v) is 3.96. The summed E-state index contributed by atoms with van der Waals surface area (Å²) in [5, 5.41) is 0. The van der Waals surface area contributed by atoms with Gasteiger partial charge in [0.2, 0.25) is 5.56 Å². The molecule has 3 aromatic rings. The molecule has 0 bridgehead atoms. The summed E-state index contributed by atoms with van der Waals surface area (Å²) >= 11 is 0. The van der Waals surface area contributed by atoms with Crippen LogP contribution in [0.1, 0.15) is 6.92 Å². The van der Waals surface area contributed by atoms with Crippen LogP contribution in [-0.2, 0) is 17.2 Å². The van der Waals surface area contributed by atoms with Gasteiger partial charge in [0, 0.05) is 36.6 Å². The van der Waals surface area contributed by atoms with E-state index in [1.165, 1.54) is 23.9 Å². The van der Waals surface area contributed by atoms with Crippen LogP contribution in [0.5, 0.6) is 0 Å². The summed E-state index contributed by atoms with van der Waals surface area (Å²) in [6.07, 6.45) is 6.55. The molecule has 3 aromatic heterocycles. The molecule has 0 saturated carbocycles. The number of rotatable bonds is 3. The minimum Gasteiger partial charge on any atom is -0.463 e. The lowest BCUT2D eigenvalue weighted by atomic mass is 10.1. The maximum atomic E-state index is 11.4. The van der Waals surface area contributed by atoms with Crippen LogP contribution in [0, 0.1) is 0 Å². The Hall–Kier alpha value is -2.78.